The molecule has 1 aliphatic rings. The van der Waals surface area contributed by atoms with Gasteiger partial charge in [-0.05, 0) is 43.5 Å². The highest BCUT2D eigenvalue weighted by molar-refractivity contribution is 7.92. The Kier molecular flexibility index (Phi) is 8.03. The van der Waals surface area contributed by atoms with Crippen molar-refractivity contribution in [3.05, 3.63) is 59.7 Å². The summed E-state index contributed by atoms with van der Waals surface area (Å²) in [5.74, 6) is 0.478. The average molecular weight is 513 g/mol. The van der Waals surface area contributed by atoms with Gasteiger partial charge in [-0.25, -0.2) is 8.42 Å². The number of hydrogen-bond donors (Lipinski definition) is 1. The van der Waals surface area contributed by atoms with Crippen LogP contribution in [0.3, 0.4) is 0 Å². The fraction of sp³-hybridized carbons (Fsp3) is 0.480. The molecule has 1 N–H and O–H groups in total. The fourth-order valence-corrected chi connectivity index (χ4v) is 5.36. The first kappa shape index (κ1) is 26.8. The molecule has 0 fully saturated rings. The second-order valence-corrected chi connectivity index (χ2v) is 10.7. The molecule has 35 heavy (non-hydrogen) atoms. The Morgan fingerprint density at radius 2 is 1.83 bits per heavy atom. The number of carbonyl (C=O) groups excluding carboxylic acids is 1. The monoisotopic (exact) mass is 512 g/mol. The molecular weight excluding hydrogens is 481 g/mol. The largest absolute Gasteiger partial charge is 0.487 e. The van der Waals surface area contributed by atoms with E-state index in [1.165, 1.54) is 12.1 Å². The molecular formula is C25H31F3N2O4S. The van der Waals surface area contributed by atoms with Gasteiger partial charge in [0.2, 0.25) is 15.9 Å². The second-order valence-electron chi connectivity index (χ2n) is 8.84. The third kappa shape index (κ3) is 6.48. The first-order chi connectivity index (χ1) is 16.4. The molecule has 0 aromatic heterocycles. The first-order valence-corrected chi connectivity index (χ1v) is 13.5. The van der Waals surface area contributed by atoms with Crippen molar-refractivity contribution in [1.29, 1.82) is 0 Å². The molecule has 1 atom stereocenters. The van der Waals surface area contributed by atoms with E-state index in [4.69, 9.17) is 4.74 Å². The van der Waals surface area contributed by atoms with Gasteiger partial charge in [0, 0.05) is 24.9 Å². The third-order valence-electron chi connectivity index (χ3n) is 6.45. The Balaban J connectivity index is 1.69. The van der Waals surface area contributed by atoms with Gasteiger partial charge in [-0.1, -0.05) is 38.1 Å². The van der Waals surface area contributed by atoms with Crippen LogP contribution in [-0.4, -0.2) is 32.7 Å². The number of hydrogen-bond acceptors (Lipinski definition) is 4. The Bertz CT molecular complexity index is 1150. The van der Waals surface area contributed by atoms with Gasteiger partial charge in [0.25, 0.3) is 0 Å². The van der Waals surface area contributed by atoms with E-state index in [1.54, 1.807) is 0 Å². The quantitative estimate of drug-likeness (QED) is 0.485. The normalized spacial score (nSPS) is 17.3. The van der Waals surface area contributed by atoms with E-state index in [0.717, 1.165) is 46.8 Å². The minimum absolute atomic E-state index is 0.0236. The zero-order chi connectivity index (χ0) is 25.9. The molecule has 1 amide bonds. The zero-order valence-corrected chi connectivity index (χ0v) is 20.9. The summed E-state index contributed by atoms with van der Waals surface area (Å²) in [6, 6.07) is 11.5. The maximum Gasteiger partial charge on any atom is 0.416 e. The summed E-state index contributed by atoms with van der Waals surface area (Å²) in [6.45, 7) is 3.97. The number of fused-ring (bicyclic) bond motifs is 1. The van der Waals surface area contributed by atoms with Crippen LogP contribution in [0.1, 0.15) is 63.1 Å². The minimum atomic E-state index is -4.59. The van der Waals surface area contributed by atoms with Gasteiger partial charge >= 0.3 is 6.18 Å². The Hall–Kier alpha value is -2.75. The number of sulfonamides is 1. The number of halogens is 3. The summed E-state index contributed by atoms with van der Waals surface area (Å²) < 4.78 is 71.0. The van der Waals surface area contributed by atoms with Crippen LogP contribution < -0.4 is 14.4 Å². The van der Waals surface area contributed by atoms with Crippen LogP contribution in [0.2, 0.25) is 0 Å². The topological polar surface area (TPSA) is 75.7 Å². The number of rotatable bonds is 9. The number of anilines is 1. The maximum absolute atomic E-state index is 13.1. The smallest absolute Gasteiger partial charge is 0.416 e. The molecule has 0 bridgehead atoms. The summed E-state index contributed by atoms with van der Waals surface area (Å²) in [4.78, 5) is 12.8. The summed E-state index contributed by atoms with van der Waals surface area (Å²) in [6.07, 6.45) is -1.31. The van der Waals surface area contributed by atoms with Gasteiger partial charge in [0.05, 0.1) is 23.5 Å². The van der Waals surface area contributed by atoms with Crippen molar-refractivity contribution in [2.75, 3.05) is 17.1 Å². The summed E-state index contributed by atoms with van der Waals surface area (Å²) in [5.41, 5.74) is -0.519. The van der Waals surface area contributed by atoms with Crippen molar-refractivity contribution in [3.63, 3.8) is 0 Å². The van der Waals surface area contributed by atoms with Gasteiger partial charge in [0.15, 0.2) is 0 Å². The molecule has 0 saturated carbocycles. The Labute approximate surface area is 204 Å². The number of para-hydroxylation sites is 1. The van der Waals surface area contributed by atoms with Crippen LogP contribution in [0.25, 0.3) is 0 Å². The van der Waals surface area contributed by atoms with Gasteiger partial charge in [-0.3, -0.25) is 9.10 Å². The highest BCUT2D eigenvalue weighted by Gasteiger charge is 2.39. The van der Waals surface area contributed by atoms with Crippen LogP contribution in [-0.2, 0) is 21.0 Å². The zero-order valence-electron chi connectivity index (χ0n) is 20.1. The van der Waals surface area contributed by atoms with E-state index < -0.39 is 21.8 Å². The van der Waals surface area contributed by atoms with Crippen molar-refractivity contribution in [2.45, 2.75) is 63.8 Å². The molecule has 0 aliphatic carbocycles. The van der Waals surface area contributed by atoms with Crippen molar-refractivity contribution in [3.8, 4) is 5.75 Å². The predicted molar refractivity (Wildman–Crippen MR) is 129 cm³/mol. The van der Waals surface area contributed by atoms with Gasteiger partial charge in [0.1, 0.15) is 11.4 Å². The third-order valence-corrected chi connectivity index (χ3v) is 7.64. The molecule has 0 radical (unpaired) electrons. The summed E-state index contributed by atoms with van der Waals surface area (Å²) in [7, 11) is -3.85. The number of ether oxygens (including phenoxy) is 1. The number of carbonyl (C=O) groups is 1. The number of benzene rings is 2. The standard InChI is InChI=1S/C25H31F3N2O4S/c1-4-24(5-2)17-21(20-12-6-7-13-22(20)34-24)29-23(31)14-9-15-30(35(3,32)33)19-11-8-10-18(16-19)25(26,27)28/h6-8,10-13,16,21H,4-5,9,14-15,17H2,1-3H3,(H,29,31)/t21-/m1/s1. The van der Waals surface area contributed by atoms with Crippen molar-refractivity contribution >= 4 is 21.6 Å². The molecule has 1 aliphatic heterocycles. The molecule has 1 heterocycles. The number of nitrogens with zero attached hydrogens (tertiary/aromatic N) is 1. The minimum Gasteiger partial charge on any atom is -0.487 e. The summed E-state index contributed by atoms with van der Waals surface area (Å²) in [5, 5.41) is 3.04. The van der Waals surface area contributed by atoms with Crippen LogP contribution >= 0.6 is 0 Å². The van der Waals surface area contributed by atoms with Crippen LogP contribution in [0, 0.1) is 0 Å². The molecule has 10 heteroatoms. The predicted octanol–water partition coefficient (Wildman–Crippen LogP) is 5.45. The molecule has 2 aromatic carbocycles. The Morgan fingerprint density at radius 3 is 2.46 bits per heavy atom. The SMILES string of the molecule is CCC1(CC)C[C@@H](NC(=O)CCCN(c2cccc(C(F)(F)F)c2)S(C)(=O)=O)c2ccccc2O1. The fourth-order valence-electron chi connectivity index (χ4n) is 4.40. The van der Waals surface area contributed by atoms with E-state index in [1.807, 2.05) is 38.1 Å². The number of alkyl halides is 3. The van der Waals surface area contributed by atoms with Gasteiger partial charge in [-0.15, -0.1) is 0 Å². The van der Waals surface area contributed by atoms with Crippen LogP contribution in [0.4, 0.5) is 18.9 Å². The van der Waals surface area contributed by atoms with E-state index in [-0.39, 0.29) is 42.6 Å². The molecule has 0 unspecified atom stereocenters. The van der Waals surface area contributed by atoms with E-state index in [9.17, 15) is 26.4 Å². The maximum atomic E-state index is 13.1. The molecule has 192 valence electrons. The molecule has 0 saturated heterocycles. The van der Waals surface area contributed by atoms with Gasteiger partial charge in [-0.2, -0.15) is 13.2 Å². The lowest BCUT2D eigenvalue weighted by atomic mass is 9.83. The Morgan fingerprint density at radius 1 is 1.14 bits per heavy atom. The van der Waals surface area contributed by atoms with E-state index in [0.29, 0.717) is 6.42 Å². The highest BCUT2D eigenvalue weighted by atomic mass is 32.2. The molecule has 3 rings (SSSR count). The number of amides is 1. The lowest BCUT2D eigenvalue weighted by molar-refractivity contribution is -0.137. The van der Waals surface area contributed by atoms with Gasteiger partial charge < -0.3 is 10.1 Å². The first-order valence-electron chi connectivity index (χ1n) is 11.6. The molecule has 2 aromatic rings. The van der Waals surface area contributed by atoms with Crippen LogP contribution in [0.15, 0.2) is 48.5 Å². The average Bonchev–Trinajstić information content (AvgIpc) is 2.80. The van der Waals surface area contributed by atoms with Crippen molar-refractivity contribution in [2.24, 2.45) is 0 Å². The second kappa shape index (κ2) is 10.5. The number of nitrogens with one attached hydrogen (secondary N) is 1. The molecule has 0 spiro atoms. The van der Waals surface area contributed by atoms with Crippen LogP contribution in [0.5, 0.6) is 5.75 Å². The van der Waals surface area contributed by atoms with Crippen molar-refractivity contribution in [1.82, 2.24) is 5.32 Å². The van der Waals surface area contributed by atoms with E-state index >= 15 is 0 Å². The highest BCUT2D eigenvalue weighted by Crippen LogP contribution is 2.42. The van der Waals surface area contributed by atoms with Crippen molar-refractivity contribution < 1.29 is 31.1 Å². The molecule has 6 nitrogen and oxygen atoms in total. The lowest BCUT2D eigenvalue weighted by Gasteiger charge is -2.41. The van der Waals surface area contributed by atoms with E-state index in [2.05, 4.69) is 5.32 Å². The summed E-state index contributed by atoms with van der Waals surface area (Å²) >= 11 is 0. The lowest BCUT2D eigenvalue weighted by Crippen LogP contribution is -2.44.